The summed E-state index contributed by atoms with van der Waals surface area (Å²) >= 11 is 0. The molecule has 3 atom stereocenters. The Balaban J connectivity index is 1.83. The largest absolute Gasteiger partial charge is 0.392 e. The van der Waals surface area contributed by atoms with Gasteiger partial charge in [0, 0.05) is 25.1 Å². The van der Waals surface area contributed by atoms with Crippen molar-refractivity contribution < 1.29 is 19.8 Å². The number of ketones is 1. The van der Waals surface area contributed by atoms with Gasteiger partial charge in [0.2, 0.25) is 5.91 Å². The molecule has 6 nitrogen and oxygen atoms in total. The van der Waals surface area contributed by atoms with Crippen molar-refractivity contribution in [2.45, 2.75) is 36.3 Å². The lowest BCUT2D eigenvalue weighted by Gasteiger charge is -2.50. The van der Waals surface area contributed by atoms with E-state index in [-0.39, 0.29) is 31.1 Å². The number of carbonyl (C=O) groups excluding carboxylic acids is 2. The van der Waals surface area contributed by atoms with Gasteiger partial charge in [-0.1, -0.05) is 30.4 Å². The standard InChI is InChI=1S/C22H24N2O4/c1-23-10-9-21-15-4-2-3-5-17(15)24-19(27)7-6-16(20(21)24)22(28,12-18(21)26)14(13-23)8-11-25/h2-6,8,20,25,28H,7,9-13H2,1H3/b14-8-/t20-,21+,22+/m0/s1. The van der Waals surface area contributed by atoms with E-state index in [4.69, 9.17) is 0 Å². The van der Waals surface area contributed by atoms with Gasteiger partial charge in [-0.25, -0.2) is 0 Å². The monoisotopic (exact) mass is 380 g/mol. The molecule has 3 fully saturated rings. The minimum absolute atomic E-state index is 0.0224. The van der Waals surface area contributed by atoms with Crippen LogP contribution in [-0.2, 0) is 15.0 Å². The van der Waals surface area contributed by atoms with Gasteiger partial charge in [-0.3, -0.25) is 9.59 Å². The zero-order valence-electron chi connectivity index (χ0n) is 15.9. The summed E-state index contributed by atoms with van der Waals surface area (Å²) in [6.45, 7) is 0.927. The topological polar surface area (TPSA) is 81.1 Å². The van der Waals surface area contributed by atoms with Crippen molar-refractivity contribution in [1.29, 1.82) is 0 Å². The third-order valence-electron chi connectivity index (χ3n) is 7.02. The van der Waals surface area contributed by atoms with Gasteiger partial charge in [0.25, 0.3) is 0 Å². The Morgan fingerprint density at radius 3 is 2.86 bits per heavy atom. The van der Waals surface area contributed by atoms with Crippen molar-refractivity contribution in [1.82, 2.24) is 4.90 Å². The van der Waals surface area contributed by atoms with E-state index in [1.165, 1.54) is 0 Å². The molecule has 2 N–H and O–H groups in total. The number of aliphatic hydroxyl groups excluding tert-OH is 1. The fraction of sp³-hybridized carbons (Fsp3) is 0.455. The quantitative estimate of drug-likeness (QED) is 0.709. The molecule has 6 rings (SSSR count). The first-order valence-electron chi connectivity index (χ1n) is 9.80. The molecule has 0 aromatic heterocycles. The Hall–Kier alpha value is -2.28. The minimum atomic E-state index is -1.46. The van der Waals surface area contributed by atoms with E-state index in [1.807, 2.05) is 37.4 Å². The van der Waals surface area contributed by atoms with E-state index < -0.39 is 17.1 Å². The normalized spacial score (nSPS) is 36.0. The highest BCUT2D eigenvalue weighted by Crippen LogP contribution is 2.59. The van der Waals surface area contributed by atoms with Crippen LogP contribution in [0.4, 0.5) is 5.69 Å². The molecule has 1 saturated carbocycles. The van der Waals surface area contributed by atoms with Crippen LogP contribution < -0.4 is 4.90 Å². The van der Waals surface area contributed by atoms with Crippen LogP contribution in [0.1, 0.15) is 24.8 Å². The van der Waals surface area contributed by atoms with Crippen LogP contribution in [0.5, 0.6) is 0 Å². The van der Waals surface area contributed by atoms with Gasteiger partial charge in [-0.05, 0) is 42.8 Å². The molecule has 0 radical (unpaired) electrons. The lowest BCUT2D eigenvalue weighted by atomic mass is 9.57. The zero-order valence-corrected chi connectivity index (χ0v) is 15.9. The highest BCUT2D eigenvalue weighted by atomic mass is 16.3. The van der Waals surface area contributed by atoms with Crippen molar-refractivity contribution in [2.75, 3.05) is 31.6 Å². The fourth-order valence-electron chi connectivity index (χ4n) is 5.77. The van der Waals surface area contributed by atoms with Gasteiger partial charge in [0.1, 0.15) is 11.4 Å². The molecule has 146 valence electrons. The maximum absolute atomic E-state index is 13.7. The average molecular weight is 380 g/mol. The lowest BCUT2D eigenvalue weighted by molar-refractivity contribution is -0.131. The molecule has 4 heterocycles. The average Bonchev–Trinajstić information content (AvgIpc) is 3.00. The van der Waals surface area contributed by atoms with Crippen LogP contribution >= 0.6 is 0 Å². The second-order valence-corrected chi connectivity index (χ2v) is 8.38. The van der Waals surface area contributed by atoms with Crippen LogP contribution in [0.3, 0.4) is 0 Å². The van der Waals surface area contributed by atoms with E-state index in [1.54, 1.807) is 11.0 Å². The molecule has 1 aliphatic carbocycles. The predicted molar refractivity (Wildman–Crippen MR) is 104 cm³/mol. The number of para-hydroxylation sites is 1. The highest BCUT2D eigenvalue weighted by Gasteiger charge is 2.66. The maximum Gasteiger partial charge on any atom is 0.231 e. The molecular formula is C22H24N2O4. The van der Waals surface area contributed by atoms with Crippen molar-refractivity contribution in [3.8, 4) is 0 Å². The Morgan fingerprint density at radius 2 is 2.07 bits per heavy atom. The molecule has 0 unspecified atom stereocenters. The van der Waals surface area contributed by atoms with Crippen molar-refractivity contribution in [3.63, 3.8) is 0 Å². The summed E-state index contributed by atoms with van der Waals surface area (Å²) in [7, 11) is 1.96. The summed E-state index contributed by atoms with van der Waals surface area (Å²) in [6, 6.07) is 7.18. The minimum Gasteiger partial charge on any atom is -0.392 e. The van der Waals surface area contributed by atoms with Crippen molar-refractivity contribution in [3.05, 3.63) is 53.1 Å². The number of fused-ring (bicyclic) bond motifs is 7. The highest BCUT2D eigenvalue weighted by molar-refractivity contribution is 6.08. The van der Waals surface area contributed by atoms with E-state index in [9.17, 15) is 19.8 Å². The van der Waals surface area contributed by atoms with E-state index in [0.29, 0.717) is 25.1 Å². The Morgan fingerprint density at radius 1 is 1.29 bits per heavy atom. The number of likely N-dealkylation sites (N-methyl/N-ethyl adjacent to an activating group) is 1. The van der Waals surface area contributed by atoms with Crippen LogP contribution in [0.15, 0.2) is 47.6 Å². The van der Waals surface area contributed by atoms with E-state index in [0.717, 1.165) is 16.8 Å². The Kier molecular flexibility index (Phi) is 3.72. The molecule has 5 aliphatic rings. The second kappa shape index (κ2) is 5.86. The molecule has 1 spiro atoms. The summed E-state index contributed by atoms with van der Waals surface area (Å²) in [5, 5.41) is 21.4. The maximum atomic E-state index is 13.7. The fourth-order valence-corrected chi connectivity index (χ4v) is 5.77. The Labute approximate surface area is 163 Å². The summed E-state index contributed by atoms with van der Waals surface area (Å²) in [5.74, 6) is -0.0682. The number of benzene rings is 1. The molecule has 6 heteroatoms. The molecule has 1 aromatic carbocycles. The zero-order chi connectivity index (χ0) is 19.7. The molecule has 1 aromatic rings. The van der Waals surface area contributed by atoms with Gasteiger partial charge >= 0.3 is 0 Å². The van der Waals surface area contributed by atoms with Crippen LogP contribution in [0, 0.1) is 0 Å². The number of hydrogen-bond donors (Lipinski definition) is 2. The molecule has 4 aliphatic heterocycles. The predicted octanol–water partition coefficient (Wildman–Crippen LogP) is 0.928. The van der Waals surface area contributed by atoms with E-state index >= 15 is 0 Å². The van der Waals surface area contributed by atoms with E-state index in [2.05, 4.69) is 4.90 Å². The first kappa shape index (κ1) is 17.8. The molecular weight excluding hydrogens is 356 g/mol. The van der Waals surface area contributed by atoms with Crippen molar-refractivity contribution >= 4 is 17.4 Å². The van der Waals surface area contributed by atoms with Crippen LogP contribution in [0.2, 0.25) is 0 Å². The van der Waals surface area contributed by atoms with Gasteiger partial charge in [0.05, 0.1) is 18.1 Å². The third kappa shape index (κ3) is 2.03. The molecule has 28 heavy (non-hydrogen) atoms. The molecule has 2 saturated heterocycles. The summed E-state index contributed by atoms with van der Waals surface area (Å²) in [6.07, 6.45) is 4.22. The number of anilines is 1. The number of hydrogen-bond acceptors (Lipinski definition) is 5. The van der Waals surface area contributed by atoms with Gasteiger partial charge in [-0.15, -0.1) is 0 Å². The van der Waals surface area contributed by atoms with Crippen LogP contribution in [0.25, 0.3) is 0 Å². The number of rotatable bonds is 1. The number of nitrogens with zero attached hydrogens (tertiary/aromatic N) is 2. The van der Waals surface area contributed by atoms with Crippen molar-refractivity contribution in [2.24, 2.45) is 0 Å². The molecule has 2 bridgehead atoms. The summed E-state index contributed by atoms with van der Waals surface area (Å²) in [4.78, 5) is 30.5. The number of carbonyl (C=O) groups is 2. The van der Waals surface area contributed by atoms with Crippen LogP contribution in [-0.4, -0.2) is 65.2 Å². The first-order valence-corrected chi connectivity index (χ1v) is 9.80. The van der Waals surface area contributed by atoms with Gasteiger partial charge in [0.15, 0.2) is 0 Å². The number of aliphatic hydroxyl groups is 2. The number of Topliss-reactive ketones (excluding diaryl/α,β-unsaturated/α-hetero) is 1. The SMILES string of the molecule is CN1CC[C@]23C(=O)C[C@](O)(C4=CCC(=O)N(c5ccccc52)[C@@H]43)/C(=C\CO)C1. The summed E-state index contributed by atoms with van der Waals surface area (Å²) < 4.78 is 0. The third-order valence-corrected chi connectivity index (χ3v) is 7.02. The number of amides is 1. The summed E-state index contributed by atoms with van der Waals surface area (Å²) in [5.41, 5.74) is 0.768. The lowest BCUT2D eigenvalue weighted by Crippen LogP contribution is -2.63. The molecule has 1 amide bonds. The second-order valence-electron chi connectivity index (χ2n) is 8.38. The first-order chi connectivity index (χ1) is 13.4. The van der Waals surface area contributed by atoms with Gasteiger partial charge in [-0.2, -0.15) is 0 Å². The smallest absolute Gasteiger partial charge is 0.231 e. The van der Waals surface area contributed by atoms with Gasteiger partial charge < -0.3 is 20.0 Å². The Bertz CT molecular complexity index is 952.